The molecule has 1 N–H and O–H groups in total. The maximum atomic E-state index is 13.4. The SMILES string of the molecule is C[C@H]1Cc2cc(Br)cc(F)c2[C@H]1O. The average Bonchev–Trinajstić information content (AvgIpc) is 2.27. The minimum absolute atomic E-state index is 0.124. The Kier molecular flexibility index (Phi) is 2.16. The number of aliphatic hydroxyl groups is 1. The monoisotopic (exact) mass is 244 g/mol. The third-order valence-electron chi connectivity index (χ3n) is 2.56. The Hall–Kier alpha value is -0.410. The standard InChI is InChI=1S/C10H10BrFO/c1-5-2-6-3-7(11)4-8(12)9(6)10(5)13/h3-5,10,13H,2H2,1H3/t5-,10-/m0/s1. The van der Waals surface area contributed by atoms with Gasteiger partial charge < -0.3 is 5.11 Å². The lowest BCUT2D eigenvalue weighted by atomic mass is 10.1. The molecule has 70 valence electrons. The summed E-state index contributed by atoms with van der Waals surface area (Å²) in [7, 11) is 0. The van der Waals surface area contributed by atoms with Crippen LogP contribution >= 0.6 is 15.9 Å². The van der Waals surface area contributed by atoms with E-state index in [1.54, 1.807) is 0 Å². The molecule has 0 radical (unpaired) electrons. The van der Waals surface area contributed by atoms with Gasteiger partial charge in [0, 0.05) is 10.0 Å². The van der Waals surface area contributed by atoms with Crippen LogP contribution in [0.5, 0.6) is 0 Å². The molecule has 0 saturated carbocycles. The fraction of sp³-hybridized carbons (Fsp3) is 0.400. The first-order valence-electron chi connectivity index (χ1n) is 4.25. The topological polar surface area (TPSA) is 20.2 Å². The summed E-state index contributed by atoms with van der Waals surface area (Å²) in [6, 6.07) is 3.28. The van der Waals surface area contributed by atoms with Crippen molar-refractivity contribution in [1.82, 2.24) is 0 Å². The van der Waals surface area contributed by atoms with Crippen molar-refractivity contribution in [3.63, 3.8) is 0 Å². The fourth-order valence-electron chi connectivity index (χ4n) is 1.88. The third-order valence-corrected chi connectivity index (χ3v) is 3.01. The lowest BCUT2D eigenvalue weighted by Gasteiger charge is -2.08. The van der Waals surface area contributed by atoms with Crippen molar-refractivity contribution in [2.75, 3.05) is 0 Å². The highest BCUT2D eigenvalue weighted by molar-refractivity contribution is 9.10. The van der Waals surface area contributed by atoms with Crippen molar-refractivity contribution in [2.24, 2.45) is 5.92 Å². The number of benzene rings is 1. The summed E-state index contributed by atoms with van der Waals surface area (Å²) in [5.74, 6) is -0.181. The zero-order valence-electron chi connectivity index (χ0n) is 7.22. The van der Waals surface area contributed by atoms with Crippen molar-refractivity contribution < 1.29 is 9.50 Å². The molecule has 1 aliphatic carbocycles. The van der Waals surface area contributed by atoms with Crippen LogP contribution < -0.4 is 0 Å². The van der Waals surface area contributed by atoms with Crippen molar-refractivity contribution in [3.05, 3.63) is 33.5 Å². The number of halogens is 2. The maximum Gasteiger partial charge on any atom is 0.130 e. The van der Waals surface area contributed by atoms with Crippen LogP contribution in [0, 0.1) is 11.7 Å². The number of hydrogen-bond donors (Lipinski definition) is 1. The summed E-state index contributed by atoms with van der Waals surface area (Å²) in [4.78, 5) is 0. The van der Waals surface area contributed by atoms with E-state index in [-0.39, 0.29) is 11.7 Å². The van der Waals surface area contributed by atoms with Gasteiger partial charge in [-0.05, 0) is 30.0 Å². The normalized spacial score (nSPS) is 26.2. The maximum absolute atomic E-state index is 13.4. The van der Waals surface area contributed by atoms with Crippen molar-refractivity contribution in [2.45, 2.75) is 19.4 Å². The van der Waals surface area contributed by atoms with E-state index in [1.807, 2.05) is 13.0 Å². The molecule has 3 heteroatoms. The van der Waals surface area contributed by atoms with Crippen LogP contribution in [-0.4, -0.2) is 5.11 Å². The summed E-state index contributed by atoms with van der Waals surface area (Å²) >= 11 is 3.23. The van der Waals surface area contributed by atoms with E-state index in [9.17, 15) is 9.50 Å². The van der Waals surface area contributed by atoms with Crippen LogP contribution in [0.15, 0.2) is 16.6 Å². The highest BCUT2D eigenvalue weighted by atomic mass is 79.9. The highest BCUT2D eigenvalue weighted by Gasteiger charge is 2.30. The molecule has 0 aromatic heterocycles. The molecule has 0 spiro atoms. The predicted octanol–water partition coefficient (Wildman–Crippen LogP) is 2.81. The van der Waals surface area contributed by atoms with Gasteiger partial charge in [0.1, 0.15) is 5.82 Å². The highest BCUT2D eigenvalue weighted by Crippen LogP contribution is 2.38. The zero-order valence-corrected chi connectivity index (χ0v) is 8.81. The molecule has 13 heavy (non-hydrogen) atoms. The molecule has 0 unspecified atom stereocenters. The number of aliphatic hydroxyl groups excluding tert-OH is 1. The van der Waals surface area contributed by atoms with Gasteiger partial charge in [0.25, 0.3) is 0 Å². The summed E-state index contributed by atoms with van der Waals surface area (Å²) < 4.78 is 14.1. The second kappa shape index (κ2) is 3.07. The van der Waals surface area contributed by atoms with Gasteiger partial charge in [-0.25, -0.2) is 4.39 Å². The minimum Gasteiger partial charge on any atom is -0.388 e. The zero-order chi connectivity index (χ0) is 9.59. The van der Waals surface area contributed by atoms with Crippen molar-refractivity contribution >= 4 is 15.9 Å². The van der Waals surface area contributed by atoms with E-state index < -0.39 is 6.10 Å². The van der Waals surface area contributed by atoms with Crippen LogP contribution in [-0.2, 0) is 6.42 Å². The Morgan fingerprint density at radius 2 is 2.23 bits per heavy atom. The van der Waals surface area contributed by atoms with Crippen LogP contribution in [0.3, 0.4) is 0 Å². The molecular formula is C10H10BrFO. The van der Waals surface area contributed by atoms with E-state index >= 15 is 0 Å². The molecule has 0 saturated heterocycles. The van der Waals surface area contributed by atoms with Crippen LogP contribution in [0.1, 0.15) is 24.2 Å². The van der Waals surface area contributed by atoms with Crippen molar-refractivity contribution in [1.29, 1.82) is 0 Å². The first-order valence-corrected chi connectivity index (χ1v) is 5.05. The molecule has 0 bridgehead atoms. The lowest BCUT2D eigenvalue weighted by molar-refractivity contribution is 0.129. The molecule has 0 amide bonds. The van der Waals surface area contributed by atoms with Gasteiger partial charge >= 0.3 is 0 Å². The molecule has 1 nitrogen and oxygen atoms in total. The Bertz CT molecular complexity index is 351. The molecule has 1 aromatic rings. The van der Waals surface area contributed by atoms with Gasteiger partial charge in [-0.2, -0.15) is 0 Å². The van der Waals surface area contributed by atoms with E-state index in [1.165, 1.54) is 6.07 Å². The first-order chi connectivity index (χ1) is 6.09. The van der Waals surface area contributed by atoms with E-state index in [0.717, 1.165) is 16.5 Å². The quantitative estimate of drug-likeness (QED) is 0.745. The van der Waals surface area contributed by atoms with Crippen LogP contribution in [0.25, 0.3) is 0 Å². The molecule has 0 aliphatic heterocycles. The Labute approximate surface area is 84.7 Å². The summed E-state index contributed by atoms with van der Waals surface area (Å²) in [6.07, 6.45) is 0.121. The second-order valence-corrected chi connectivity index (χ2v) is 4.50. The van der Waals surface area contributed by atoms with Gasteiger partial charge in [-0.15, -0.1) is 0 Å². The molecular weight excluding hydrogens is 235 g/mol. The molecule has 1 aromatic carbocycles. The van der Waals surface area contributed by atoms with E-state index in [4.69, 9.17) is 0 Å². The summed E-state index contributed by atoms with van der Waals surface area (Å²) in [5.41, 5.74) is 1.41. The Morgan fingerprint density at radius 3 is 2.92 bits per heavy atom. The molecule has 2 rings (SSSR count). The molecule has 2 atom stereocenters. The summed E-state index contributed by atoms with van der Waals surface area (Å²) in [6.45, 7) is 1.93. The van der Waals surface area contributed by atoms with Gasteiger partial charge in [0.05, 0.1) is 6.10 Å². The van der Waals surface area contributed by atoms with E-state index in [0.29, 0.717) is 5.56 Å². The number of hydrogen-bond acceptors (Lipinski definition) is 1. The average molecular weight is 245 g/mol. The van der Waals surface area contributed by atoms with Crippen molar-refractivity contribution in [3.8, 4) is 0 Å². The second-order valence-electron chi connectivity index (χ2n) is 3.59. The van der Waals surface area contributed by atoms with Crippen LogP contribution in [0.4, 0.5) is 4.39 Å². The predicted molar refractivity (Wildman–Crippen MR) is 51.9 cm³/mol. The smallest absolute Gasteiger partial charge is 0.130 e. The molecule has 0 fully saturated rings. The minimum atomic E-state index is -0.636. The molecule has 0 heterocycles. The van der Waals surface area contributed by atoms with Gasteiger partial charge in [-0.1, -0.05) is 22.9 Å². The van der Waals surface area contributed by atoms with E-state index in [2.05, 4.69) is 15.9 Å². The third kappa shape index (κ3) is 1.40. The van der Waals surface area contributed by atoms with Crippen LogP contribution in [0.2, 0.25) is 0 Å². The summed E-state index contributed by atoms with van der Waals surface area (Å²) in [5, 5.41) is 9.67. The lowest BCUT2D eigenvalue weighted by Crippen LogP contribution is -2.02. The fourth-order valence-corrected chi connectivity index (χ4v) is 2.36. The largest absolute Gasteiger partial charge is 0.388 e. The van der Waals surface area contributed by atoms with Gasteiger partial charge in [0.2, 0.25) is 0 Å². The first kappa shape index (κ1) is 9.16. The number of fused-ring (bicyclic) bond motifs is 1. The Morgan fingerprint density at radius 1 is 1.54 bits per heavy atom. The Balaban J connectivity index is 2.57. The van der Waals surface area contributed by atoms with Gasteiger partial charge in [0.15, 0.2) is 0 Å². The van der Waals surface area contributed by atoms with Gasteiger partial charge in [-0.3, -0.25) is 0 Å². The molecule has 1 aliphatic rings. The number of rotatable bonds is 0.